The van der Waals surface area contributed by atoms with Crippen LogP contribution < -0.4 is 5.73 Å². The Bertz CT molecular complexity index is 342. The van der Waals surface area contributed by atoms with Gasteiger partial charge in [-0.05, 0) is 31.9 Å². The molecule has 0 saturated carbocycles. The summed E-state index contributed by atoms with van der Waals surface area (Å²) in [6.07, 6.45) is 0.823. The van der Waals surface area contributed by atoms with Crippen LogP contribution in [-0.2, 0) is 12.0 Å². The molecule has 0 saturated heterocycles. The van der Waals surface area contributed by atoms with E-state index in [1.54, 1.807) is 26.0 Å². The van der Waals surface area contributed by atoms with Crippen LogP contribution in [0.1, 0.15) is 31.9 Å². The molecule has 0 spiro atoms. The van der Waals surface area contributed by atoms with E-state index in [1.807, 2.05) is 6.92 Å². The van der Waals surface area contributed by atoms with E-state index in [0.717, 1.165) is 12.0 Å². The van der Waals surface area contributed by atoms with Gasteiger partial charge in [-0.3, -0.25) is 0 Å². The molecule has 0 amide bonds. The lowest BCUT2D eigenvalue weighted by Crippen LogP contribution is -2.30. The summed E-state index contributed by atoms with van der Waals surface area (Å²) in [7, 11) is 0. The van der Waals surface area contributed by atoms with E-state index in [4.69, 9.17) is 17.3 Å². The highest BCUT2D eigenvalue weighted by Gasteiger charge is 2.21. The van der Waals surface area contributed by atoms with Crippen LogP contribution in [0.15, 0.2) is 12.1 Å². The minimum absolute atomic E-state index is 0.151. The maximum atomic E-state index is 13.6. The second-order valence-electron chi connectivity index (χ2n) is 4.01. The third-order valence-corrected chi connectivity index (χ3v) is 2.47. The number of hydrogen-bond acceptors (Lipinski definition) is 1. The molecule has 78 valence electrons. The Kier molecular flexibility index (Phi) is 3.17. The van der Waals surface area contributed by atoms with Crippen molar-refractivity contribution in [2.24, 2.45) is 5.73 Å². The number of aryl methyl sites for hydroxylation is 1. The molecule has 0 unspecified atom stereocenters. The smallest absolute Gasteiger partial charge is 0.146 e. The molecule has 0 aliphatic heterocycles. The first kappa shape index (κ1) is 11.5. The topological polar surface area (TPSA) is 26.0 Å². The largest absolute Gasteiger partial charge is 0.322 e. The Hall–Kier alpha value is -0.600. The van der Waals surface area contributed by atoms with Crippen molar-refractivity contribution in [3.8, 4) is 0 Å². The van der Waals surface area contributed by atoms with Crippen LogP contribution in [0.3, 0.4) is 0 Å². The highest BCUT2D eigenvalue weighted by molar-refractivity contribution is 6.30. The maximum absolute atomic E-state index is 13.6. The third kappa shape index (κ3) is 2.25. The molecule has 2 N–H and O–H groups in total. The molecule has 1 nitrogen and oxygen atoms in total. The lowest BCUT2D eigenvalue weighted by atomic mass is 9.93. The summed E-state index contributed by atoms with van der Waals surface area (Å²) in [4.78, 5) is 0. The Morgan fingerprint density at radius 3 is 2.43 bits per heavy atom. The van der Waals surface area contributed by atoms with Gasteiger partial charge >= 0.3 is 0 Å². The summed E-state index contributed by atoms with van der Waals surface area (Å²) >= 11 is 5.77. The van der Waals surface area contributed by atoms with Crippen molar-refractivity contribution in [3.05, 3.63) is 34.1 Å². The summed E-state index contributed by atoms with van der Waals surface area (Å²) in [6, 6.07) is 3.42. The predicted octanol–water partition coefficient (Wildman–Crippen LogP) is 3.24. The first-order valence-electron chi connectivity index (χ1n) is 4.63. The van der Waals surface area contributed by atoms with Crippen molar-refractivity contribution in [2.75, 3.05) is 0 Å². The molecule has 0 aliphatic carbocycles. The summed E-state index contributed by atoms with van der Waals surface area (Å²) in [6.45, 7) is 5.53. The van der Waals surface area contributed by atoms with Crippen LogP contribution in [0, 0.1) is 5.82 Å². The van der Waals surface area contributed by atoms with Gasteiger partial charge in [-0.15, -0.1) is 0 Å². The summed E-state index contributed by atoms with van der Waals surface area (Å²) in [5, 5.41) is 0.151. The van der Waals surface area contributed by atoms with Crippen LogP contribution >= 0.6 is 11.6 Å². The minimum Gasteiger partial charge on any atom is -0.322 e. The molecule has 1 rings (SSSR count). The van der Waals surface area contributed by atoms with Crippen molar-refractivity contribution in [1.29, 1.82) is 0 Å². The first-order valence-corrected chi connectivity index (χ1v) is 5.01. The second kappa shape index (κ2) is 3.87. The van der Waals surface area contributed by atoms with E-state index in [0.29, 0.717) is 5.56 Å². The zero-order valence-electron chi connectivity index (χ0n) is 8.70. The van der Waals surface area contributed by atoms with Crippen molar-refractivity contribution in [1.82, 2.24) is 0 Å². The highest BCUT2D eigenvalue weighted by Crippen LogP contribution is 2.27. The van der Waals surface area contributed by atoms with Gasteiger partial charge in [0.1, 0.15) is 5.82 Å². The fourth-order valence-electron chi connectivity index (χ4n) is 1.32. The number of hydrogen-bond donors (Lipinski definition) is 1. The number of rotatable bonds is 2. The van der Waals surface area contributed by atoms with Gasteiger partial charge in [-0.2, -0.15) is 0 Å². The lowest BCUT2D eigenvalue weighted by molar-refractivity contribution is 0.501. The average Bonchev–Trinajstić information content (AvgIpc) is 2.07. The lowest BCUT2D eigenvalue weighted by Gasteiger charge is -2.21. The van der Waals surface area contributed by atoms with Crippen LogP contribution in [0.4, 0.5) is 4.39 Å². The Balaban J connectivity index is 3.35. The fourth-order valence-corrected chi connectivity index (χ4v) is 1.56. The van der Waals surface area contributed by atoms with Gasteiger partial charge in [0, 0.05) is 11.1 Å². The van der Waals surface area contributed by atoms with Crippen molar-refractivity contribution >= 4 is 11.6 Å². The Labute approximate surface area is 89.1 Å². The van der Waals surface area contributed by atoms with E-state index >= 15 is 0 Å². The first-order chi connectivity index (χ1) is 6.36. The Morgan fingerprint density at radius 1 is 1.43 bits per heavy atom. The normalized spacial score (nSPS) is 11.9. The standard InChI is InChI=1S/C11H15ClFN/c1-4-7-5-8(11(2,3)14)10(13)9(12)6-7/h5-6H,4,14H2,1-3H3. The Morgan fingerprint density at radius 2 is 2.00 bits per heavy atom. The van der Waals surface area contributed by atoms with E-state index in [2.05, 4.69) is 0 Å². The number of nitrogens with two attached hydrogens (primary N) is 1. The fraction of sp³-hybridized carbons (Fsp3) is 0.455. The highest BCUT2D eigenvalue weighted by atomic mass is 35.5. The van der Waals surface area contributed by atoms with Gasteiger partial charge in [0.05, 0.1) is 5.02 Å². The van der Waals surface area contributed by atoms with E-state index < -0.39 is 11.4 Å². The molecule has 0 heterocycles. The van der Waals surface area contributed by atoms with Crippen molar-refractivity contribution in [3.63, 3.8) is 0 Å². The summed E-state index contributed by atoms with van der Waals surface area (Å²) in [5.74, 6) is -0.406. The van der Waals surface area contributed by atoms with Gasteiger partial charge < -0.3 is 5.73 Å². The molecule has 0 bridgehead atoms. The van der Waals surface area contributed by atoms with Gasteiger partial charge in [-0.25, -0.2) is 4.39 Å². The molecule has 0 aromatic heterocycles. The molecule has 14 heavy (non-hydrogen) atoms. The zero-order chi connectivity index (χ0) is 10.9. The monoisotopic (exact) mass is 215 g/mol. The quantitative estimate of drug-likeness (QED) is 0.806. The van der Waals surface area contributed by atoms with E-state index in [9.17, 15) is 4.39 Å². The molecular weight excluding hydrogens is 201 g/mol. The molecule has 0 fully saturated rings. The average molecular weight is 216 g/mol. The van der Waals surface area contributed by atoms with Crippen LogP contribution in [0.2, 0.25) is 5.02 Å². The van der Waals surface area contributed by atoms with Gasteiger partial charge in [0.15, 0.2) is 0 Å². The molecule has 0 aliphatic rings. The second-order valence-corrected chi connectivity index (χ2v) is 4.42. The summed E-state index contributed by atoms with van der Waals surface area (Å²) in [5.41, 5.74) is 6.63. The number of halogens is 2. The van der Waals surface area contributed by atoms with Crippen LogP contribution in [-0.4, -0.2) is 0 Å². The molecule has 0 radical (unpaired) electrons. The van der Waals surface area contributed by atoms with Crippen molar-refractivity contribution in [2.45, 2.75) is 32.7 Å². The third-order valence-electron chi connectivity index (χ3n) is 2.19. The van der Waals surface area contributed by atoms with Gasteiger partial charge in [-0.1, -0.05) is 24.6 Å². The van der Waals surface area contributed by atoms with E-state index in [1.165, 1.54) is 0 Å². The number of benzene rings is 1. The minimum atomic E-state index is -0.696. The molecule has 0 atom stereocenters. The van der Waals surface area contributed by atoms with Gasteiger partial charge in [0.25, 0.3) is 0 Å². The van der Waals surface area contributed by atoms with Crippen molar-refractivity contribution < 1.29 is 4.39 Å². The zero-order valence-corrected chi connectivity index (χ0v) is 9.45. The van der Waals surface area contributed by atoms with Crippen LogP contribution in [0.25, 0.3) is 0 Å². The van der Waals surface area contributed by atoms with Gasteiger partial charge in [0.2, 0.25) is 0 Å². The van der Waals surface area contributed by atoms with Crippen LogP contribution in [0.5, 0.6) is 0 Å². The molecule has 1 aromatic rings. The SMILES string of the molecule is CCc1cc(Cl)c(F)c(C(C)(C)N)c1. The molecular formula is C11H15ClFN. The summed E-state index contributed by atoms with van der Waals surface area (Å²) < 4.78 is 13.6. The van der Waals surface area contributed by atoms with E-state index in [-0.39, 0.29) is 5.02 Å². The maximum Gasteiger partial charge on any atom is 0.146 e. The molecule has 1 aromatic carbocycles. The predicted molar refractivity (Wildman–Crippen MR) is 58.0 cm³/mol. The molecule has 3 heteroatoms.